The Morgan fingerprint density at radius 2 is 2.00 bits per heavy atom. The van der Waals surface area contributed by atoms with E-state index >= 15 is 0 Å². The van der Waals surface area contributed by atoms with Crippen LogP contribution in [0.15, 0.2) is 36.4 Å². The van der Waals surface area contributed by atoms with Gasteiger partial charge in [-0.15, -0.1) is 11.6 Å². The van der Waals surface area contributed by atoms with Crippen molar-refractivity contribution in [3.63, 3.8) is 0 Å². The van der Waals surface area contributed by atoms with Gasteiger partial charge in [-0.1, -0.05) is 36.4 Å². The molecule has 0 bridgehead atoms. The SMILES string of the molecule is CN1CC=C(c2ccccc2)CC1Cl. The van der Waals surface area contributed by atoms with Crippen molar-refractivity contribution < 1.29 is 0 Å². The Bertz CT molecular complexity index is 331. The number of likely N-dealkylation sites (N-methyl/N-ethyl adjacent to an activating group) is 1. The number of alkyl halides is 1. The first-order chi connectivity index (χ1) is 6.77. The van der Waals surface area contributed by atoms with Crippen molar-refractivity contribution in [2.75, 3.05) is 13.6 Å². The van der Waals surface area contributed by atoms with Crippen molar-refractivity contribution in [3.05, 3.63) is 42.0 Å². The quantitative estimate of drug-likeness (QED) is 0.506. The lowest BCUT2D eigenvalue weighted by Gasteiger charge is -2.27. The molecule has 0 N–H and O–H groups in total. The van der Waals surface area contributed by atoms with Gasteiger partial charge in [-0.05, 0) is 18.2 Å². The highest BCUT2D eigenvalue weighted by molar-refractivity contribution is 6.21. The van der Waals surface area contributed by atoms with Crippen LogP contribution in [0.3, 0.4) is 0 Å². The Morgan fingerprint density at radius 1 is 1.29 bits per heavy atom. The molecule has 0 fully saturated rings. The van der Waals surface area contributed by atoms with E-state index in [-0.39, 0.29) is 5.50 Å². The van der Waals surface area contributed by atoms with Crippen molar-refractivity contribution in [2.45, 2.75) is 11.9 Å². The standard InChI is InChI=1S/C12H14ClN/c1-14-8-7-11(9-12(14)13)10-5-3-2-4-6-10/h2-7,12H,8-9H2,1H3. The van der Waals surface area contributed by atoms with Crippen LogP contribution in [-0.2, 0) is 0 Å². The molecule has 0 amide bonds. The van der Waals surface area contributed by atoms with Crippen LogP contribution in [0.2, 0.25) is 0 Å². The molecule has 0 radical (unpaired) electrons. The van der Waals surface area contributed by atoms with E-state index in [0.717, 1.165) is 13.0 Å². The first-order valence-electron chi connectivity index (χ1n) is 4.86. The maximum Gasteiger partial charge on any atom is 0.0891 e. The second-order valence-corrected chi connectivity index (χ2v) is 4.18. The summed E-state index contributed by atoms with van der Waals surface area (Å²) in [6, 6.07) is 10.5. The van der Waals surface area contributed by atoms with Crippen LogP contribution in [0.4, 0.5) is 0 Å². The molecule has 1 nitrogen and oxygen atoms in total. The van der Waals surface area contributed by atoms with Gasteiger partial charge in [-0.2, -0.15) is 0 Å². The van der Waals surface area contributed by atoms with Gasteiger partial charge in [-0.25, -0.2) is 0 Å². The van der Waals surface area contributed by atoms with Gasteiger partial charge in [0.15, 0.2) is 0 Å². The van der Waals surface area contributed by atoms with Gasteiger partial charge in [-0.3, -0.25) is 4.90 Å². The number of nitrogens with zero attached hydrogens (tertiary/aromatic N) is 1. The second-order valence-electron chi connectivity index (χ2n) is 3.67. The zero-order valence-electron chi connectivity index (χ0n) is 8.28. The third-order valence-corrected chi connectivity index (χ3v) is 3.12. The van der Waals surface area contributed by atoms with Gasteiger partial charge in [0.05, 0.1) is 5.50 Å². The summed E-state index contributed by atoms with van der Waals surface area (Å²) in [5.41, 5.74) is 2.80. The first-order valence-corrected chi connectivity index (χ1v) is 5.30. The predicted molar refractivity (Wildman–Crippen MR) is 61.3 cm³/mol. The molecule has 1 atom stereocenters. The normalized spacial score (nSPS) is 23.3. The molecule has 1 aliphatic rings. The van der Waals surface area contributed by atoms with Crippen LogP contribution < -0.4 is 0 Å². The smallest absolute Gasteiger partial charge is 0.0891 e. The lowest BCUT2D eigenvalue weighted by atomic mass is 10.00. The first kappa shape index (κ1) is 9.75. The molecule has 0 aromatic heterocycles. The summed E-state index contributed by atoms with van der Waals surface area (Å²) in [6.07, 6.45) is 3.19. The fraction of sp³-hybridized carbons (Fsp3) is 0.333. The maximum absolute atomic E-state index is 6.20. The van der Waals surface area contributed by atoms with Crippen molar-refractivity contribution in [1.82, 2.24) is 4.90 Å². The summed E-state index contributed by atoms with van der Waals surface area (Å²) in [5.74, 6) is 0. The van der Waals surface area contributed by atoms with Gasteiger partial charge in [0.2, 0.25) is 0 Å². The fourth-order valence-corrected chi connectivity index (χ4v) is 1.92. The average Bonchev–Trinajstić information content (AvgIpc) is 2.23. The summed E-state index contributed by atoms with van der Waals surface area (Å²) >= 11 is 6.20. The molecule has 14 heavy (non-hydrogen) atoms. The van der Waals surface area contributed by atoms with Gasteiger partial charge in [0.25, 0.3) is 0 Å². The zero-order chi connectivity index (χ0) is 9.97. The monoisotopic (exact) mass is 207 g/mol. The molecule has 1 aromatic carbocycles. The molecular formula is C12H14ClN. The Morgan fingerprint density at radius 3 is 2.64 bits per heavy atom. The van der Waals surface area contributed by atoms with Crippen LogP contribution in [0.25, 0.3) is 5.57 Å². The van der Waals surface area contributed by atoms with Crippen molar-refractivity contribution in [1.29, 1.82) is 0 Å². The number of hydrogen-bond donors (Lipinski definition) is 0. The van der Waals surface area contributed by atoms with E-state index in [4.69, 9.17) is 11.6 Å². The lowest BCUT2D eigenvalue weighted by molar-refractivity contribution is 0.334. The predicted octanol–water partition coefficient (Wildman–Crippen LogP) is 2.97. The molecule has 1 heterocycles. The zero-order valence-corrected chi connectivity index (χ0v) is 9.04. The van der Waals surface area contributed by atoms with Crippen molar-refractivity contribution >= 4 is 17.2 Å². The van der Waals surface area contributed by atoms with Gasteiger partial charge >= 0.3 is 0 Å². The molecule has 1 unspecified atom stereocenters. The Kier molecular flexibility index (Phi) is 2.90. The molecule has 0 saturated carbocycles. The van der Waals surface area contributed by atoms with E-state index in [2.05, 4.69) is 42.3 Å². The molecule has 0 aliphatic carbocycles. The fourth-order valence-electron chi connectivity index (χ4n) is 1.68. The molecule has 1 aliphatic heterocycles. The highest BCUT2D eigenvalue weighted by Gasteiger charge is 2.18. The minimum Gasteiger partial charge on any atom is -0.287 e. The van der Waals surface area contributed by atoms with Crippen molar-refractivity contribution in [3.8, 4) is 0 Å². The molecule has 74 valence electrons. The van der Waals surface area contributed by atoms with Crippen molar-refractivity contribution in [2.24, 2.45) is 0 Å². The molecule has 2 heteroatoms. The summed E-state index contributed by atoms with van der Waals surface area (Å²) in [6.45, 7) is 0.943. The number of rotatable bonds is 1. The molecule has 0 spiro atoms. The highest BCUT2D eigenvalue weighted by Crippen LogP contribution is 2.26. The Balaban J connectivity index is 2.21. The largest absolute Gasteiger partial charge is 0.287 e. The van der Waals surface area contributed by atoms with E-state index in [9.17, 15) is 0 Å². The molecular weight excluding hydrogens is 194 g/mol. The Hall–Kier alpha value is -0.790. The summed E-state index contributed by atoms with van der Waals surface area (Å²) < 4.78 is 0. The minimum atomic E-state index is 0.134. The average molecular weight is 208 g/mol. The van der Waals surface area contributed by atoms with E-state index in [0.29, 0.717) is 0 Å². The summed E-state index contributed by atoms with van der Waals surface area (Å²) in [5, 5.41) is 0. The molecule has 1 aromatic rings. The van der Waals surface area contributed by atoms with Crippen LogP contribution in [0.1, 0.15) is 12.0 Å². The van der Waals surface area contributed by atoms with Crippen LogP contribution in [-0.4, -0.2) is 24.0 Å². The highest BCUT2D eigenvalue weighted by atomic mass is 35.5. The van der Waals surface area contributed by atoms with Gasteiger partial charge < -0.3 is 0 Å². The third kappa shape index (κ3) is 1.99. The number of benzene rings is 1. The summed E-state index contributed by atoms with van der Waals surface area (Å²) in [4.78, 5) is 2.15. The molecule has 2 rings (SSSR count). The lowest BCUT2D eigenvalue weighted by Crippen LogP contribution is -2.30. The van der Waals surface area contributed by atoms with E-state index in [1.54, 1.807) is 0 Å². The maximum atomic E-state index is 6.20. The van der Waals surface area contributed by atoms with E-state index in [1.165, 1.54) is 11.1 Å². The minimum absolute atomic E-state index is 0.134. The number of hydrogen-bond acceptors (Lipinski definition) is 1. The van der Waals surface area contributed by atoms with E-state index < -0.39 is 0 Å². The Labute approximate surface area is 90.0 Å². The van der Waals surface area contributed by atoms with Crippen LogP contribution in [0.5, 0.6) is 0 Å². The summed E-state index contributed by atoms with van der Waals surface area (Å²) in [7, 11) is 2.05. The number of halogens is 1. The van der Waals surface area contributed by atoms with Gasteiger partial charge in [0.1, 0.15) is 0 Å². The van der Waals surface area contributed by atoms with Gasteiger partial charge in [0, 0.05) is 13.0 Å². The van der Waals surface area contributed by atoms with Crippen LogP contribution >= 0.6 is 11.6 Å². The second kappa shape index (κ2) is 4.16. The van der Waals surface area contributed by atoms with Crippen LogP contribution in [0, 0.1) is 0 Å². The van der Waals surface area contributed by atoms with E-state index in [1.807, 2.05) is 6.07 Å². The third-order valence-electron chi connectivity index (χ3n) is 2.64. The topological polar surface area (TPSA) is 3.24 Å². The molecule has 0 saturated heterocycles.